The van der Waals surface area contributed by atoms with E-state index in [9.17, 15) is 23.2 Å². The Labute approximate surface area is 222 Å². The fourth-order valence-corrected chi connectivity index (χ4v) is 6.97. The highest BCUT2D eigenvalue weighted by molar-refractivity contribution is 5.99. The SMILES string of the molecule is CCCN1CCN(c2ccc(C(N)=O)c([C@@H](C(=O)N3C[C@@H](C(F)F)[C@H]4OCC(=O)[C@H]43)C3CCCC3)c2)CC1. The Kier molecular flexibility index (Phi) is 8.00. The summed E-state index contributed by atoms with van der Waals surface area (Å²) in [7, 11) is 0. The van der Waals surface area contributed by atoms with Gasteiger partial charge in [-0.05, 0) is 55.5 Å². The highest BCUT2D eigenvalue weighted by atomic mass is 19.3. The summed E-state index contributed by atoms with van der Waals surface area (Å²) in [6.45, 7) is 6.24. The molecule has 10 heteroatoms. The first-order valence-electron chi connectivity index (χ1n) is 13.9. The van der Waals surface area contributed by atoms with Crippen molar-refractivity contribution >= 4 is 23.3 Å². The van der Waals surface area contributed by atoms with Crippen LogP contribution >= 0.6 is 0 Å². The fraction of sp³-hybridized carbons (Fsp3) is 0.679. The summed E-state index contributed by atoms with van der Waals surface area (Å²) in [6, 6.07) is 4.47. The number of primary amides is 1. The van der Waals surface area contributed by atoms with Crippen molar-refractivity contribution in [3.8, 4) is 0 Å². The third-order valence-electron chi connectivity index (χ3n) is 8.88. The quantitative estimate of drug-likeness (QED) is 0.553. The Morgan fingerprint density at radius 2 is 1.84 bits per heavy atom. The maximum absolute atomic E-state index is 14.3. The molecular weight excluding hydrogens is 494 g/mol. The van der Waals surface area contributed by atoms with Gasteiger partial charge in [0.15, 0.2) is 5.78 Å². The van der Waals surface area contributed by atoms with E-state index in [1.807, 2.05) is 12.1 Å². The minimum atomic E-state index is -2.70. The number of carbonyl (C=O) groups is 3. The number of rotatable bonds is 8. The summed E-state index contributed by atoms with van der Waals surface area (Å²) in [6.07, 6.45) is 0.892. The molecule has 0 bridgehead atoms. The molecule has 8 nitrogen and oxygen atoms in total. The lowest BCUT2D eigenvalue weighted by Crippen LogP contribution is -2.47. The van der Waals surface area contributed by atoms with Crippen molar-refractivity contribution in [3.63, 3.8) is 0 Å². The van der Waals surface area contributed by atoms with Crippen LogP contribution in [-0.2, 0) is 14.3 Å². The molecule has 4 atom stereocenters. The van der Waals surface area contributed by atoms with Crippen molar-refractivity contribution in [1.82, 2.24) is 9.80 Å². The van der Waals surface area contributed by atoms with Gasteiger partial charge in [0, 0.05) is 44.0 Å². The number of nitrogens with zero attached hydrogens (tertiary/aromatic N) is 3. The van der Waals surface area contributed by atoms with Crippen LogP contribution in [0.4, 0.5) is 14.5 Å². The first-order chi connectivity index (χ1) is 18.3. The molecule has 0 unspecified atom stereocenters. The first-order valence-corrected chi connectivity index (χ1v) is 13.9. The topological polar surface area (TPSA) is 96.2 Å². The molecule has 1 aromatic carbocycles. The number of carbonyl (C=O) groups excluding carboxylic acids is 3. The minimum absolute atomic E-state index is 0.0567. The van der Waals surface area contributed by atoms with Gasteiger partial charge in [0.2, 0.25) is 18.2 Å². The average molecular weight is 533 g/mol. The van der Waals surface area contributed by atoms with E-state index in [4.69, 9.17) is 10.5 Å². The van der Waals surface area contributed by atoms with Crippen molar-refractivity contribution in [1.29, 1.82) is 0 Å². The number of benzene rings is 1. The second-order valence-corrected chi connectivity index (χ2v) is 11.2. The van der Waals surface area contributed by atoms with E-state index in [2.05, 4.69) is 16.7 Å². The number of anilines is 1. The zero-order valence-corrected chi connectivity index (χ0v) is 22.0. The number of hydrogen-bond donors (Lipinski definition) is 1. The van der Waals surface area contributed by atoms with Gasteiger partial charge < -0.3 is 20.3 Å². The number of fused-ring (bicyclic) bond motifs is 1. The standard InChI is InChI=1S/C28H38F2N4O4/c1-2-9-32-10-12-33(13-11-32)18-7-8-19(27(31)36)20(14-18)23(17-5-3-4-6-17)28(37)34-15-21(26(29)30)25-24(34)22(35)16-38-25/h7-8,14,17,21,23-26H,2-6,9-13,15-16H2,1H3,(H2,31,36)/t21-,23+,24-,25-/m1/s1. The van der Waals surface area contributed by atoms with Crippen LogP contribution in [0.3, 0.4) is 0 Å². The van der Waals surface area contributed by atoms with Gasteiger partial charge in [-0.3, -0.25) is 19.3 Å². The van der Waals surface area contributed by atoms with Gasteiger partial charge in [-0.15, -0.1) is 0 Å². The molecule has 4 aliphatic rings. The molecule has 2 N–H and O–H groups in total. The summed E-state index contributed by atoms with van der Waals surface area (Å²) >= 11 is 0. The smallest absolute Gasteiger partial charge is 0.249 e. The number of piperazine rings is 1. The maximum atomic E-state index is 14.3. The maximum Gasteiger partial charge on any atom is 0.249 e. The van der Waals surface area contributed by atoms with E-state index in [0.29, 0.717) is 5.56 Å². The second kappa shape index (κ2) is 11.3. The van der Waals surface area contributed by atoms with Crippen molar-refractivity contribution in [3.05, 3.63) is 29.3 Å². The molecule has 0 aromatic heterocycles. The minimum Gasteiger partial charge on any atom is -0.369 e. The molecule has 0 radical (unpaired) electrons. The molecule has 5 rings (SSSR count). The number of Topliss-reactive ketones (excluding diaryl/α,β-unsaturated/α-hetero) is 1. The number of ether oxygens (including phenoxy) is 1. The number of ketones is 1. The van der Waals surface area contributed by atoms with E-state index in [-0.39, 0.29) is 36.3 Å². The zero-order chi connectivity index (χ0) is 27.0. The molecule has 208 valence electrons. The number of nitrogens with two attached hydrogens (primary N) is 1. The van der Waals surface area contributed by atoms with Crippen molar-refractivity contribution < 1.29 is 27.9 Å². The Morgan fingerprint density at radius 3 is 2.47 bits per heavy atom. The molecule has 3 saturated heterocycles. The number of halogens is 2. The van der Waals surface area contributed by atoms with Gasteiger partial charge >= 0.3 is 0 Å². The van der Waals surface area contributed by atoms with Gasteiger partial charge in [-0.2, -0.15) is 0 Å². The monoisotopic (exact) mass is 532 g/mol. The molecule has 1 aromatic rings. The predicted molar refractivity (Wildman–Crippen MR) is 138 cm³/mol. The third-order valence-corrected chi connectivity index (χ3v) is 8.88. The van der Waals surface area contributed by atoms with Gasteiger partial charge in [0.25, 0.3) is 0 Å². The largest absolute Gasteiger partial charge is 0.369 e. The van der Waals surface area contributed by atoms with E-state index < -0.39 is 36.3 Å². The molecule has 4 fully saturated rings. The molecule has 38 heavy (non-hydrogen) atoms. The lowest BCUT2D eigenvalue weighted by atomic mass is 9.80. The van der Waals surface area contributed by atoms with Crippen molar-refractivity contribution in [2.75, 3.05) is 50.8 Å². The zero-order valence-electron chi connectivity index (χ0n) is 22.0. The molecular formula is C28H38F2N4O4. The van der Waals surface area contributed by atoms with Crippen LogP contribution in [0, 0.1) is 11.8 Å². The Bertz CT molecular complexity index is 1060. The first kappa shape index (κ1) is 27.0. The van der Waals surface area contributed by atoms with E-state index in [0.717, 1.165) is 70.5 Å². The van der Waals surface area contributed by atoms with Crippen molar-refractivity contribution in [2.24, 2.45) is 17.6 Å². The van der Waals surface area contributed by atoms with E-state index in [1.165, 1.54) is 4.90 Å². The Balaban J connectivity index is 1.50. The normalized spacial score (nSPS) is 27.4. The van der Waals surface area contributed by atoms with Crippen molar-refractivity contribution in [2.45, 2.75) is 63.5 Å². The van der Waals surface area contributed by atoms with Crippen LogP contribution in [0.5, 0.6) is 0 Å². The van der Waals surface area contributed by atoms with Gasteiger partial charge in [-0.25, -0.2) is 8.78 Å². The number of alkyl halides is 2. The van der Waals surface area contributed by atoms with Crippen LogP contribution in [0.2, 0.25) is 0 Å². The lowest BCUT2D eigenvalue weighted by molar-refractivity contribution is -0.139. The second-order valence-electron chi connectivity index (χ2n) is 11.2. The molecule has 2 amide bonds. The Morgan fingerprint density at radius 1 is 1.13 bits per heavy atom. The number of likely N-dealkylation sites (tertiary alicyclic amines) is 1. The third kappa shape index (κ3) is 5.04. The fourth-order valence-electron chi connectivity index (χ4n) is 6.97. The number of hydrogen-bond acceptors (Lipinski definition) is 6. The van der Waals surface area contributed by atoms with E-state index in [1.54, 1.807) is 6.07 Å². The summed E-state index contributed by atoms with van der Waals surface area (Å²) < 4.78 is 33.2. The predicted octanol–water partition coefficient (Wildman–Crippen LogP) is 2.65. The highest BCUT2D eigenvalue weighted by Crippen LogP contribution is 2.44. The van der Waals surface area contributed by atoms with Crippen LogP contribution in [0.25, 0.3) is 0 Å². The molecule has 1 aliphatic carbocycles. The highest BCUT2D eigenvalue weighted by Gasteiger charge is 2.56. The van der Waals surface area contributed by atoms with Crippen LogP contribution in [0.1, 0.15) is 60.9 Å². The van der Waals surface area contributed by atoms with Gasteiger partial charge in [0.1, 0.15) is 12.6 Å². The molecule has 3 aliphatic heterocycles. The van der Waals surface area contributed by atoms with Crippen LogP contribution < -0.4 is 10.6 Å². The summed E-state index contributed by atoms with van der Waals surface area (Å²) in [5.41, 5.74) is 7.54. The summed E-state index contributed by atoms with van der Waals surface area (Å²) in [4.78, 5) is 45.5. The van der Waals surface area contributed by atoms with Crippen LogP contribution in [-0.4, -0.2) is 91.8 Å². The van der Waals surface area contributed by atoms with Gasteiger partial charge in [0.05, 0.1) is 17.9 Å². The van der Waals surface area contributed by atoms with Crippen LogP contribution in [0.15, 0.2) is 18.2 Å². The summed E-state index contributed by atoms with van der Waals surface area (Å²) in [5, 5.41) is 0. The average Bonchev–Trinajstić information content (AvgIpc) is 3.64. The molecule has 0 spiro atoms. The molecule has 3 heterocycles. The lowest BCUT2D eigenvalue weighted by Gasteiger charge is -2.37. The Hall–Kier alpha value is -2.59. The van der Waals surface area contributed by atoms with E-state index >= 15 is 0 Å². The van der Waals surface area contributed by atoms with Gasteiger partial charge in [-0.1, -0.05) is 19.8 Å². The number of amides is 2. The molecule has 1 saturated carbocycles. The summed E-state index contributed by atoms with van der Waals surface area (Å²) in [5.74, 6) is -3.33.